The van der Waals surface area contributed by atoms with Crippen molar-refractivity contribution in [2.24, 2.45) is 0 Å². The molecule has 0 aliphatic carbocycles. The van der Waals surface area contributed by atoms with Crippen molar-refractivity contribution < 1.29 is 0 Å². The Morgan fingerprint density at radius 2 is 2.35 bits per heavy atom. The summed E-state index contributed by atoms with van der Waals surface area (Å²) in [6.07, 6.45) is 1.21. The molecule has 1 aliphatic heterocycles. The molecule has 1 saturated heterocycles. The maximum absolute atomic E-state index is 4.88. The van der Waals surface area contributed by atoms with Gasteiger partial charge in [-0.3, -0.25) is 0 Å². The molecule has 4 heteroatoms. The molecule has 1 fully saturated rings. The predicted octanol–water partition coefficient (Wildman–Crippen LogP) is 3.60. The van der Waals surface area contributed by atoms with Crippen molar-refractivity contribution in [1.29, 1.82) is 0 Å². The highest BCUT2D eigenvalue weighted by molar-refractivity contribution is 8.00. The number of nitrogens with one attached hydrogen (secondary N) is 1. The van der Waals surface area contributed by atoms with Gasteiger partial charge in [0.1, 0.15) is 5.01 Å². The molecule has 1 aromatic rings. The average molecular weight is 270 g/mol. The lowest BCUT2D eigenvalue weighted by atomic mass is 9.93. The van der Waals surface area contributed by atoms with Crippen LogP contribution in [0.25, 0.3) is 0 Å². The molecule has 0 bridgehead atoms. The van der Waals surface area contributed by atoms with Crippen molar-refractivity contribution in [1.82, 2.24) is 10.3 Å². The Bertz CT molecular complexity index is 375. The number of aromatic nitrogens is 1. The summed E-state index contributed by atoms with van der Waals surface area (Å²) < 4.78 is 0. The predicted molar refractivity (Wildman–Crippen MR) is 78.1 cm³/mol. The Hall–Kier alpha value is -0.0600. The average Bonchev–Trinajstić information content (AvgIpc) is 2.87. The topological polar surface area (TPSA) is 24.9 Å². The first kappa shape index (κ1) is 13.4. The maximum atomic E-state index is 4.88. The Balaban J connectivity index is 2.32. The van der Waals surface area contributed by atoms with Crippen LogP contribution in [0.2, 0.25) is 0 Å². The van der Waals surface area contributed by atoms with E-state index in [0.717, 1.165) is 6.54 Å². The summed E-state index contributed by atoms with van der Waals surface area (Å²) in [5.74, 6) is 1.77. The van der Waals surface area contributed by atoms with Crippen molar-refractivity contribution in [2.45, 2.75) is 50.8 Å². The van der Waals surface area contributed by atoms with E-state index in [2.05, 4.69) is 50.2 Å². The third kappa shape index (κ3) is 2.40. The molecular formula is C13H22N2S2. The smallest absolute Gasteiger partial charge is 0.114 e. The van der Waals surface area contributed by atoms with Crippen LogP contribution in [-0.2, 0) is 5.54 Å². The number of hydrogen-bond donors (Lipinski definition) is 1. The van der Waals surface area contributed by atoms with Crippen LogP contribution in [0.3, 0.4) is 0 Å². The van der Waals surface area contributed by atoms with E-state index in [1.165, 1.54) is 22.9 Å². The van der Waals surface area contributed by atoms with Crippen molar-refractivity contribution in [3.8, 4) is 0 Å². The Kier molecular flexibility index (Phi) is 4.16. The van der Waals surface area contributed by atoms with Crippen LogP contribution >= 0.6 is 23.1 Å². The second kappa shape index (κ2) is 5.29. The van der Waals surface area contributed by atoms with E-state index in [0.29, 0.717) is 11.2 Å². The molecule has 1 N–H and O–H groups in total. The zero-order valence-electron chi connectivity index (χ0n) is 11.1. The van der Waals surface area contributed by atoms with E-state index >= 15 is 0 Å². The van der Waals surface area contributed by atoms with Gasteiger partial charge in [-0.05, 0) is 24.6 Å². The van der Waals surface area contributed by atoms with E-state index in [4.69, 9.17) is 4.98 Å². The van der Waals surface area contributed by atoms with Gasteiger partial charge in [0.15, 0.2) is 0 Å². The van der Waals surface area contributed by atoms with Gasteiger partial charge in [-0.1, -0.05) is 27.7 Å². The highest BCUT2D eigenvalue weighted by Gasteiger charge is 2.44. The van der Waals surface area contributed by atoms with Crippen LogP contribution in [0.5, 0.6) is 0 Å². The van der Waals surface area contributed by atoms with Crippen LogP contribution in [0.15, 0.2) is 5.38 Å². The largest absolute Gasteiger partial charge is 0.305 e. The van der Waals surface area contributed by atoms with E-state index in [1.54, 1.807) is 0 Å². The zero-order chi connectivity index (χ0) is 12.5. The molecule has 2 rings (SSSR count). The molecule has 1 aromatic heterocycles. The second-order valence-electron chi connectivity index (χ2n) is 5.00. The number of thiazole rings is 1. The minimum atomic E-state index is 0.122. The highest BCUT2D eigenvalue weighted by atomic mass is 32.2. The van der Waals surface area contributed by atoms with Gasteiger partial charge in [-0.2, -0.15) is 11.8 Å². The summed E-state index contributed by atoms with van der Waals surface area (Å²) in [5, 5.41) is 7.85. The summed E-state index contributed by atoms with van der Waals surface area (Å²) in [7, 11) is 0. The van der Waals surface area contributed by atoms with Gasteiger partial charge < -0.3 is 5.32 Å². The first-order chi connectivity index (χ1) is 8.10. The minimum Gasteiger partial charge on any atom is -0.305 e. The fourth-order valence-corrected chi connectivity index (χ4v) is 5.14. The number of hydrogen-bond acceptors (Lipinski definition) is 4. The third-order valence-electron chi connectivity index (χ3n) is 3.55. The summed E-state index contributed by atoms with van der Waals surface area (Å²) in [4.78, 5) is 4.88. The number of rotatable bonds is 4. The van der Waals surface area contributed by atoms with Crippen LogP contribution in [0.4, 0.5) is 0 Å². The highest BCUT2D eigenvalue weighted by Crippen LogP contribution is 2.44. The summed E-state index contributed by atoms with van der Waals surface area (Å²) >= 11 is 3.89. The summed E-state index contributed by atoms with van der Waals surface area (Å²) in [6.45, 7) is 9.96. The van der Waals surface area contributed by atoms with Gasteiger partial charge >= 0.3 is 0 Å². The fourth-order valence-electron chi connectivity index (χ4n) is 2.40. The molecular weight excluding hydrogens is 248 g/mol. The van der Waals surface area contributed by atoms with E-state index in [1.807, 2.05) is 11.3 Å². The molecule has 2 unspecified atom stereocenters. The molecule has 0 amide bonds. The molecule has 0 spiro atoms. The molecule has 0 saturated carbocycles. The lowest BCUT2D eigenvalue weighted by Gasteiger charge is -2.31. The van der Waals surface area contributed by atoms with Gasteiger partial charge in [-0.25, -0.2) is 4.98 Å². The standard InChI is InChI=1S/C13H22N2S2/c1-5-14-13(6-7-16-10(13)4)12-15-11(8-17-12)9(2)3/h8-10,14H,5-7H2,1-4H3. The zero-order valence-corrected chi connectivity index (χ0v) is 12.8. The van der Waals surface area contributed by atoms with Crippen LogP contribution in [0, 0.1) is 0 Å². The molecule has 96 valence electrons. The van der Waals surface area contributed by atoms with Crippen molar-refractivity contribution in [3.05, 3.63) is 16.1 Å². The second-order valence-corrected chi connectivity index (χ2v) is 7.30. The molecule has 2 atom stereocenters. The minimum absolute atomic E-state index is 0.122. The summed E-state index contributed by atoms with van der Waals surface area (Å²) in [6, 6.07) is 0. The Morgan fingerprint density at radius 1 is 1.59 bits per heavy atom. The number of thioether (sulfide) groups is 1. The molecule has 2 heterocycles. The van der Waals surface area contributed by atoms with Crippen LogP contribution in [-0.4, -0.2) is 22.5 Å². The Morgan fingerprint density at radius 3 is 2.82 bits per heavy atom. The fraction of sp³-hybridized carbons (Fsp3) is 0.769. The maximum Gasteiger partial charge on any atom is 0.114 e. The first-order valence-electron chi connectivity index (χ1n) is 6.42. The normalized spacial score (nSPS) is 29.1. The van der Waals surface area contributed by atoms with Gasteiger partial charge in [-0.15, -0.1) is 11.3 Å². The van der Waals surface area contributed by atoms with Gasteiger partial charge in [0.05, 0.1) is 11.2 Å². The molecule has 17 heavy (non-hydrogen) atoms. The van der Waals surface area contributed by atoms with Crippen LogP contribution in [0.1, 0.15) is 50.7 Å². The van der Waals surface area contributed by atoms with Crippen molar-refractivity contribution in [2.75, 3.05) is 12.3 Å². The molecule has 2 nitrogen and oxygen atoms in total. The SMILES string of the molecule is CCNC1(c2nc(C(C)C)cs2)CCSC1C. The lowest BCUT2D eigenvalue weighted by molar-refractivity contribution is 0.340. The van der Waals surface area contributed by atoms with Gasteiger partial charge in [0.25, 0.3) is 0 Å². The Labute approximate surface area is 113 Å². The van der Waals surface area contributed by atoms with E-state index in [9.17, 15) is 0 Å². The molecule has 0 radical (unpaired) electrons. The molecule has 1 aliphatic rings. The lowest BCUT2D eigenvalue weighted by Crippen LogP contribution is -2.46. The summed E-state index contributed by atoms with van der Waals surface area (Å²) in [5.41, 5.74) is 1.36. The van der Waals surface area contributed by atoms with Gasteiger partial charge in [0.2, 0.25) is 0 Å². The third-order valence-corrected chi connectivity index (χ3v) is 5.93. The quantitative estimate of drug-likeness (QED) is 0.905. The van der Waals surface area contributed by atoms with Crippen molar-refractivity contribution >= 4 is 23.1 Å². The first-order valence-corrected chi connectivity index (χ1v) is 8.35. The van der Waals surface area contributed by atoms with Gasteiger partial charge in [0, 0.05) is 10.6 Å². The van der Waals surface area contributed by atoms with Crippen LogP contribution < -0.4 is 5.32 Å². The number of nitrogens with zero attached hydrogens (tertiary/aromatic N) is 1. The van der Waals surface area contributed by atoms with E-state index in [-0.39, 0.29) is 5.54 Å². The van der Waals surface area contributed by atoms with E-state index < -0.39 is 0 Å². The molecule has 0 aromatic carbocycles. The van der Waals surface area contributed by atoms with Crippen molar-refractivity contribution in [3.63, 3.8) is 0 Å². The monoisotopic (exact) mass is 270 g/mol.